The number of thiophene rings is 3. The first kappa shape index (κ1) is 45.8. The van der Waals surface area contributed by atoms with Crippen LogP contribution >= 0.6 is 34.0 Å². The van der Waals surface area contributed by atoms with Gasteiger partial charge in [0.05, 0.1) is 49.7 Å². The lowest BCUT2D eigenvalue weighted by Gasteiger charge is -2.14. The summed E-state index contributed by atoms with van der Waals surface area (Å²) in [7, 11) is 0. The molecule has 0 aliphatic rings. The molecule has 0 fully saturated rings. The highest BCUT2D eigenvalue weighted by Gasteiger charge is 2.25. The number of hydrogen-bond acceptors (Lipinski definition) is 8. The van der Waals surface area contributed by atoms with Crippen molar-refractivity contribution in [3.63, 3.8) is 0 Å². The number of phenols is 1. The van der Waals surface area contributed by atoms with E-state index in [1.165, 1.54) is 71.4 Å². The molecule has 0 radical (unpaired) electrons. The van der Waals surface area contributed by atoms with Crippen LogP contribution in [0.5, 0.6) is 17.2 Å². The zero-order valence-corrected chi connectivity index (χ0v) is 47.6. The average molecular weight is 1150 g/mol. The van der Waals surface area contributed by atoms with Gasteiger partial charge in [-0.25, -0.2) is 15.0 Å². The lowest BCUT2D eigenvalue weighted by atomic mass is 9.96. The van der Waals surface area contributed by atoms with Gasteiger partial charge in [0.1, 0.15) is 34.2 Å². The number of para-hydroxylation sites is 4. The van der Waals surface area contributed by atoms with E-state index in [0.717, 1.165) is 115 Å². The Kier molecular flexibility index (Phi) is 8.70. The maximum Gasteiger partial charge on any atom is 0.146 e. The normalized spacial score (nSPS) is 12.7. The van der Waals surface area contributed by atoms with Gasteiger partial charge < -0.3 is 9.84 Å². The van der Waals surface area contributed by atoms with Gasteiger partial charge >= 0.3 is 0 Å². The molecule has 0 aliphatic heterocycles. The monoisotopic (exact) mass is 1150 g/mol. The van der Waals surface area contributed by atoms with Crippen molar-refractivity contribution in [3.05, 3.63) is 224 Å². The van der Waals surface area contributed by atoms with Gasteiger partial charge in [0, 0.05) is 98.4 Å². The van der Waals surface area contributed by atoms with Gasteiger partial charge in [-0.3, -0.25) is 13.2 Å². The quantitative estimate of drug-likeness (QED) is 0.178. The molecular weight excluding hydrogens is 1110 g/mol. The second kappa shape index (κ2) is 16.3. The molecule has 86 heavy (non-hydrogen) atoms. The zero-order chi connectivity index (χ0) is 55.8. The van der Waals surface area contributed by atoms with Crippen LogP contribution in [-0.2, 0) is 0 Å². The summed E-state index contributed by atoms with van der Waals surface area (Å²) >= 11 is 5.47. The molecule has 12 aromatic carbocycles. The van der Waals surface area contributed by atoms with Gasteiger partial charge in [0.2, 0.25) is 0 Å². The highest BCUT2D eigenvalue weighted by molar-refractivity contribution is 7.26. The largest absolute Gasteiger partial charge is 0.507 e. The summed E-state index contributed by atoms with van der Waals surface area (Å²) in [6.07, 6.45) is 0. The lowest BCUT2D eigenvalue weighted by molar-refractivity contribution is 0.478. The third kappa shape index (κ3) is 5.93. The van der Waals surface area contributed by atoms with Crippen LogP contribution in [0.1, 0.15) is 0 Å². The fourth-order valence-electron chi connectivity index (χ4n) is 14.6. The molecule has 0 saturated heterocycles. The standard InChI is InChI=1S/C75H38N6O2S3/c82-60-37-53-50(45-28-32-66-69(48-13-3-10-20-63(48)86-66)72(45)80-58-17-7-5-15-55(58)77-75(53)80)36-49(60)38-21-29-59-56(33-38)78-74-52-35-40(23-25-42(52)44-27-31-65-68(71(44)81(59)74)47-12-2-9-19-62(47)85-65)83-39-22-24-41-43-26-30-64-67(46-11-1-8-18-61(46)84-64)70(43)79-57-16-6-4-14-54(57)76-73(79)51(41)34-39/h1-37,82H. The van der Waals surface area contributed by atoms with Gasteiger partial charge in [-0.1, -0.05) is 103 Å². The van der Waals surface area contributed by atoms with Crippen molar-refractivity contribution < 1.29 is 9.84 Å². The van der Waals surface area contributed by atoms with E-state index >= 15 is 0 Å². The predicted molar refractivity (Wildman–Crippen MR) is 363 cm³/mol. The fourth-order valence-corrected chi connectivity index (χ4v) is 18.0. The minimum atomic E-state index is 0.178. The summed E-state index contributed by atoms with van der Waals surface area (Å²) in [5.41, 5.74) is 13.3. The average Bonchev–Trinajstić information content (AvgIpc) is 1.57. The first-order valence-electron chi connectivity index (χ1n) is 28.7. The first-order valence-corrected chi connectivity index (χ1v) is 31.1. The highest BCUT2D eigenvalue weighted by Crippen LogP contribution is 2.49. The Bertz CT molecular complexity index is 6720. The number of phenolic OH excluding ortho intramolecular Hbond substituents is 1. The van der Waals surface area contributed by atoms with Crippen LogP contribution in [0.4, 0.5) is 0 Å². The molecule has 0 saturated carbocycles. The molecule has 8 nitrogen and oxygen atoms in total. The second-order valence-corrected chi connectivity index (χ2v) is 26.0. The Balaban J connectivity index is 0.779. The minimum absolute atomic E-state index is 0.178. The van der Waals surface area contributed by atoms with Crippen LogP contribution < -0.4 is 4.74 Å². The molecule has 9 heterocycles. The number of aromatic hydroxyl groups is 1. The van der Waals surface area contributed by atoms with Crippen LogP contribution in [0, 0.1) is 0 Å². The van der Waals surface area contributed by atoms with Gasteiger partial charge in [0.15, 0.2) is 0 Å². The molecule has 398 valence electrons. The molecule has 11 heteroatoms. The van der Waals surface area contributed by atoms with Crippen molar-refractivity contribution in [1.29, 1.82) is 0 Å². The molecule has 0 aliphatic carbocycles. The summed E-state index contributed by atoms with van der Waals surface area (Å²) in [5, 5.41) is 29.2. The molecule has 21 aromatic rings. The Morgan fingerprint density at radius 2 is 0.709 bits per heavy atom. The lowest BCUT2D eigenvalue weighted by Crippen LogP contribution is -1.94. The molecule has 0 amide bonds. The molecule has 0 atom stereocenters. The smallest absolute Gasteiger partial charge is 0.146 e. The van der Waals surface area contributed by atoms with E-state index < -0.39 is 0 Å². The number of fused-ring (bicyclic) bond motifs is 36. The Hall–Kier alpha value is -10.7. The highest BCUT2D eigenvalue weighted by atomic mass is 32.1. The summed E-state index contributed by atoms with van der Waals surface area (Å²) in [6.45, 7) is 0. The van der Waals surface area contributed by atoms with Crippen LogP contribution in [0.25, 0.3) is 187 Å². The third-order valence-electron chi connectivity index (χ3n) is 18.3. The topological polar surface area (TPSA) is 81.4 Å². The SMILES string of the molecule is Oc1cc2c(cc1-c1ccc3c(c1)nc1c4cc(Oc5ccc6c(c5)c5nc7ccccc7n5c5c6ccc6sc7ccccc7c65)ccc4c4ccc5sc6ccccc6c5c4n31)c1ccc3sc4ccccc4c3c1n1c3ccccc3nc21. The maximum atomic E-state index is 12.4. The van der Waals surface area contributed by atoms with Gasteiger partial charge in [-0.05, 0) is 143 Å². The Labute approximate surface area is 497 Å². The summed E-state index contributed by atoms with van der Waals surface area (Å²) in [5.74, 6) is 1.59. The first-order chi connectivity index (χ1) is 42.5. The summed E-state index contributed by atoms with van der Waals surface area (Å²) < 4.78 is 21.5. The Morgan fingerprint density at radius 1 is 0.302 bits per heavy atom. The second-order valence-electron chi connectivity index (χ2n) is 22.7. The fraction of sp³-hybridized carbons (Fsp3) is 0. The van der Waals surface area contributed by atoms with E-state index in [1.54, 1.807) is 0 Å². The van der Waals surface area contributed by atoms with Crippen molar-refractivity contribution in [1.82, 2.24) is 28.2 Å². The van der Waals surface area contributed by atoms with E-state index in [-0.39, 0.29) is 5.75 Å². The Morgan fingerprint density at radius 3 is 1.21 bits per heavy atom. The maximum absolute atomic E-state index is 12.4. The van der Waals surface area contributed by atoms with Crippen LogP contribution in [0.15, 0.2) is 224 Å². The van der Waals surface area contributed by atoms with E-state index in [2.05, 4.69) is 226 Å². The molecule has 0 bridgehead atoms. The van der Waals surface area contributed by atoms with Crippen molar-refractivity contribution in [2.45, 2.75) is 0 Å². The molecule has 1 N–H and O–H groups in total. The zero-order valence-electron chi connectivity index (χ0n) is 45.1. The van der Waals surface area contributed by atoms with E-state index in [4.69, 9.17) is 19.7 Å². The van der Waals surface area contributed by atoms with E-state index in [0.29, 0.717) is 11.5 Å². The van der Waals surface area contributed by atoms with Gasteiger partial charge in [-0.2, -0.15) is 0 Å². The number of aromatic nitrogens is 6. The predicted octanol–water partition coefficient (Wildman–Crippen LogP) is 21.3. The minimum Gasteiger partial charge on any atom is -0.507 e. The number of pyridine rings is 3. The number of nitrogens with zero attached hydrogens (tertiary/aromatic N) is 6. The summed E-state index contributed by atoms with van der Waals surface area (Å²) in [6, 6.07) is 80.0. The molecule has 0 unspecified atom stereocenters. The number of ether oxygens (including phenoxy) is 1. The van der Waals surface area contributed by atoms with Crippen LogP contribution in [-0.4, -0.2) is 33.3 Å². The van der Waals surface area contributed by atoms with Crippen molar-refractivity contribution in [3.8, 4) is 28.4 Å². The van der Waals surface area contributed by atoms with Gasteiger partial charge in [-0.15, -0.1) is 34.0 Å². The van der Waals surface area contributed by atoms with Crippen LogP contribution in [0.3, 0.4) is 0 Å². The molecule has 0 spiro atoms. The van der Waals surface area contributed by atoms with Crippen molar-refractivity contribution >= 4 is 210 Å². The molecule has 9 aromatic heterocycles. The van der Waals surface area contributed by atoms with Gasteiger partial charge in [0.25, 0.3) is 0 Å². The third-order valence-corrected chi connectivity index (χ3v) is 21.7. The van der Waals surface area contributed by atoms with E-state index in [9.17, 15) is 5.11 Å². The van der Waals surface area contributed by atoms with Crippen molar-refractivity contribution in [2.75, 3.05) is 0 Å². The molecular formula is C75H38N6O2S3. The summed E-state index contributed by atoms with van der Waals surface area (Å²) in [4.78, 5) is 16.3. The van der Waals surface area contributed by atoms with Crippen LogP contribution in [0.2, 0.25) is 0 Å². The van der Waals surface area contributed by atoms with Crippen molar-refractivity contribution in [2.24, 2.45) is 0 Å². The van der Waals surface area contributed by atoms with E-state index in [1.807, 2.05) is 46.1 Å². The number of rotatable bonds is 3. The molecule has 21 rings (SSSR count). The number of imidazole rings is 3. The number of benzene rings is 12. The number of hydrogen-bond donors (Lipinski definition) is 1.